The SMILES string of the molecule is O=C1CS[C@@H](c2ccn(-c3cccc(C(F)(F)F)c3)c2)N1Cc1ccccc1. The first-order chi connectivity index (χ1) is 13.4. The second-order valence-electron chi connectivity index (χ2n) is 6.57. The Hall–Kier alpha value is -2.67. The van der Waals surface area contributed by atoms with E-state index >= 15 is 0 Å². The van der Waals surface area contributed by atoms with E-state index in [-0.39, 0.29) is 11.3 Å². The van der Waals surface area contributed by atoms with Gasteiger partial charge in [-0.2, -0.15) is 13.2 Å². The molecule has 144 valence electrons. The maximum Gasteiger partial charge on any atom is 0.416 e. The average Bonchev–Trinajstić information content (AvgIpc) is 3.30. The number of hydrogen-bond acceptors (Lipinski definition) is 2. The number of amides is 1. The fraction of sp³-hybridized carbons (Fsp3) is 0.190. The molecule has 1 saturated heterocycles. The quantitative estimate of drug-likeness (QED) is 0.594. The van der Waals surface area contributed by atoms with E-state index in [1.165, 1.54) is 17.8 Å². The largest absolute Gasteiger partial charge is 0.416 e. The van der Waals surface area contributed by atoms with Crippen molar-refractivity contribution < 1.29 is 18.0 Å². The molecule has 0 spiro atoms. The average molecular weight is 402 g/mol. The number of carbonyl (C=O) groups excluding carboxylic acids is 1. The summed E-state index contributed by atoms with van der Waals surface area (Å²) in [7, 11) is 0. The van der Waals surface area contributed by atoms with Crippen molar-refractivity contribution in [3.8, 4) is 5.69 Å². The summed E-state index contributed by atoms with van der Waals surface area (Å²) < 4.78 is 40.6. The summed E-state index contributed by atoms with van der Waals surface area (Å²) in [6.07, 6.45) is -0.856. The van der Waals surface area contributed by atoms with Crippen LogP contribution in [0.25, 0.3) is 5.69 Å². The van der Waals surface area contributed by atoms with Crippen LogP contribution in [0.1, 0.15) is 22.1 Å². The standard InChI is InChI=1S/C21H17F3N2OS/c22-21(23,24)17-7-4-8-18(11-17)25-10-9-16(13-25)20-26(19(27)14-28-20)12-15-5-2-1-3-6-15/h1-11,13,20H,12,14H2/t20-/m0/s1. The molecule has 1 fully saturated rings. The highest BCUT2D eigenvalue weighted by atomic mass is 32.2. The molecule has 1 aliphatic heterocycles. The summed E-state index contributed by atoms with van der Waals surface area (Å²) in [5.41, 5.74) is 1.69. The molecule has 0 aliphatic carbocycles. The molecule has 1 aromatic heterocycles. The summed E-state index contributed by atoms with van der Waals surface area (Å²) in [5, 5.41) is -0.153. The Labute approximate surface area is 164 Å². The molecular formula is C21H17F3N2OS. The zero-order chi connectivity index (χ0) is 19.7. The van der Waals surface area contributed by atoms with Crippen LogP contribution in [0.3, 0.4) is 0 Å². The minimum atomic E-state index is -4.38. The molecule has 28 heavy (non-hydrogen) atoms. The van der Waals surface area contributed by atoms with Crippen LogP contribution in [0.4, 0.5) is 13.2 Å². The lowest BCUT2D eigenvalue weighted by Crippen LogP contribution is -2.27. The van der Waals surface area contributed by atoms with E-state index in [1.54, 1.807) is 23.0 Å². The number of rotatable bonds is 4. The normalized spacial score (nSPS) is 17.3. The minimum Gasteiger partial charge on any atom is -0.323 e. The maximum atomic E-state index is 13.0. The van der Waals surface area contributed by atoms with E-state index < -0.39 is 11.7 Å². The first-order valence-corrected chi connectivity index (χ1v) is 9.77. The van der Waals surface area contributed by atoms with Gasteiger partial charge in [0.1, 0.15) is 5.37 Å². The third-order valence-electron chi connectivity index (χ3n) is 4.64. The summed E-state index contributed by atoms with van der Waals surface area (Å²) in [6.45, 7) is 0.506. The van der Waals surface area contributed by atoms with Crippen LogP contribution in [-0.2, 0) is 17.5 Å². The second kappa shape index (κ2) is 7.39. The van der Waals surface area contributed by atoms with Gasteiger partial charge >= 0.3 is 6.18 Å². The fourth-order valence-corrected chi connectivity index (χ4v) is 4.41. The van der Waals surface area contributed by atoms with E-state index in [0.717, 1.165) is 23.3 Å². The molecule has 0 bridgehead atoms. The lowest BCUT2D eigenvalue weighted by molar-refractivity contribution is -0.137. The molecule has 0 saturated carbocycles. The third-order valence-corrected chi connectivity index (χ3v) is 5.89. The summed E-state index contributed by atoms with van der Waals surface area (Å²) >= 11 is 1.53. The highest BCUT2D eigenvalue weighted by molar-refractivity contribution is 8.00. The first kappa shape index (κ1) is 18.7. The summed E-state index contributed by atoms with van der Waals surface area (Å²) in [6, 6.07) is 16.8. The van der Waals surface area contributed by atoms with Crippen molar-refractivity contribution in [3.05, 3.63) is 89.7 Å². The van der Waals surface area contributed by atoms with Crippen molar-refractivity contribution in [2.45, 2.75) is 18.1 Å². The maximum absolute atomic E-state index is 13.0. The van der Waals surface area contributed by atoms with Crippen LogP contribution < -0.4 is 0 Å². The van der Waals surface area contributed by atoms with Gasteiger partial charge in [-0.1, -0.05) is 36.4 Å². The van der Waals surface area contributed by atoms with Crippen LogP contribution in [0.2, 0.25) is 0 Å². The van der Waals surface area contributed by atoms with Gasteiger partial charge in [-0.3, -0.25) is 4.79 Å². The van der Waals surface area contributed by atoms with Gasteiger partial charge in [-0.05, 0) is 29.8 Å². The van der Waals surface area contributed by atoms with Gasteiger partial charge in [-0.25, -0.2) is 0 Å². The number of aromatic nitrogens is 1. The van der Waals surface area contributed by atoms with Crippen molar-refractivity contribution in [1.29, 1.82) is 0 Å². The number of benzene rings is 2. The molecule has 3 aromatic rings. The molecule has 0 N–H and O–H groups in total. The Balaban J connectivity index is 1.59. The lowest BCUT2D eigenvalue weighted by atomic mass is 10.2. The van der Waals surface area contributed by atoms with Gasteiger partial charge in [0.15, 0.2) is 0 Å². The fourth-order valence-electron chi connectivity index (χ4n) is 3.24. The van der Waals surface area contributed by atoms with Gasteiger partial charge < -0.3 is 9.47 Å². The Morgan fingerprint density at radius 3 is 2.57 bits per heavy atom. The summed E-state index contributed by atoms with van der Waals surface area (Å²) in [4.78, 5) is 14.2. The van der Waals surface area contributed by atoms with Crippen LogP contribution in [-0.4, -0.2) is 21.1 Å². The number of halogens is 3. The molecule has 1 amide bonds. The van der Waals surface area contributed by atoms with Crippen LogP contribution in [0.15, 0.2) is 73.1 Å². The van der Waals surface area contributed by atoms with E-state index in [1.807, 2.05) is 41.3 Å². The first-order valence-electron chi connectivity index (χ1n) is 8.72. The van der Waals surface area contributed by atoms with E-state index in [0.29, 0.717) is 18.0 Å². The van der Waals surface area contributed by atoms with Crippen molar-refractivity contribution in [3.63, 3.8) is 0 Å². The number of nitrogens with zero attached hydrogens (tertiary/aromatic N) is 2. The van der Waals surface area contributed by atoms with Crippen LogP contribution in [0, 0.1) is 0 Å². The van der Waals surface area contributed by atoms with Gasteiger partial charge in [0.05, 0.1) is 11.3 Å². The summed E-state index contributed by atoms with van der Waals surface area (Å²) in [5.74, 6) is 0.456. The molecule has 3 nitrogen and oxygen atoms in total. The van der Waals surface area contributed by atoms with Crippen LogP contribution in [0.5, 0.6) is 0 Å². The van der Waals surface area contributed by atoms with Crippen molar-refractivity contribution in [1.82, 2.24) is 9.47 Å². The van der Waals surface area contributed by atoms with Crippen molar-refractivity contribution in [2.75, 3.05) is 5.75 Å². The molecule has 0 radical (unpaired) electrons. The van der Waals surface area contributed by atoms with Gasteiger partial charge in [0, 0.05) is 30.2 Å². The Bertz CT molecular complexity index is 985. The molecule has 2 heterocycles. The highest BCUT2D eigenvalue weighted by Crippen LogP contribution is 2.40. The van der Waals surface area contributed by atoms with Crippen molar-refractivity contribution >= 4 is 17.7 Å². The molecule has 1 atom stereocenters. The van der Waals surface area contributed by atoms with Crippen molar-refractivity contribution in [2.24, 2.45) is 0 Å². The zero-order valence-electron chi connectivity index (χ0n) is 14.8. The molecule has 2 aromatic carbocycles. The Morgan fingerprint density at radius 1 is 1.04 bits per heavy atom. The molecule has 7 heteroatoms. The van der Waals surface area contributed by atoms with E-state index in [2.05, 4.69) is 0 Å². The molecule has 1 aliphatic rings. The monoisotopic (exact) mass is 402 g/mol. The second-order valence-corrected chi connectivity index (χ2v) is 7.64. The smallest absolute Gasteiger partial charge is 0.323 e. The van der Waals surface area contributed by atoms with Gasteiger partial charge in [0.2, 0.25) is 5.91 Å². The molecular weight excluding hydrogens is 385 g/mol. The lowest BCUT2D eigenvalue weighted by Gasteiger charge is -2.23. The Morgan fingerprint density at radius 2 is 1.82 bits per heavy atom. The predicted molar refractivity (Wildman–Crippen MR) is 103 cm³/mol. The predicted octanol–water partition coefficient (Wildman–Crippen LogP) is 5.27. The zero-order valence-corrected chi connectivity index (χ0v) is 15.6. The molecule has 0 unspecified atom stereocenters. The molecule has 4 rings (SSSR count). The number of hydrogen-bond donors (Lipinski definition) is 0. The number of alkyl halides is 3. The number of carbonyl (C=O) groups is 1. The third kappa shape index (κ3) is 3.80. The van der Waals surface area contributed by atoms with E-state index in [4.69, 9.17) is 0 Å². The van der Waals surface area contributed by atoms with Gasteiger partial charge in [-0.15, -0.1) is 11.8 Å². The van der Waals surface area contributed by atoms with E-state index in [9.17, 15) is 18.0 Å². The van der Waals surface area contributed by atoms with Crippen LogP contribution >= 0.6 is 11.8 Å². The Kier molecular flexibility index (Phi) is 4.93. The highest BCUT2D eigenvalue weighted by Gasteiger charge is 2.33. The number of thioether (sulfide) groups is 1. The van der Waals surface area contributed by atoms with Gasteiger partial charge in [0.25, 0.3) is 0 Å². The minimum absolute atomic E-state index is 0.0608. The topological polar surface area (TPSA) is 25.2 Å².